The van der Waals surface area contributed by atoms with Gasteiger partial charge in [0.15, 0.2) is 11.5 Å². The molecule has 0 saturated heterocycles. The van der Waals surface area contributed by atoms with Gasteiger partial charge in [0.1, 0.15) is 0 Å². The van der Waals surface area contributed by atoms with E-state index >= 15 is 0 Å². The predicted molar refractivity (Wildman–Crippen MR) is 87.4 cm³/mol. The molecule has 3 nitrogen and oxygen atoms in total. The Kier molecular flexibility index (Phi) is 5.92. The monoisotopic (exact) mass is 291 g/mol. The first-order chi connectivity index (χ1) is 10.2. The van der Waals surface area contributed by atoms with Crippen LogP contribution in [0.5, 0.6) is 11.5 Å². The number of hydrogen-bond acceptors (Lipinski definition) is 3. The molecule has 0 aliphatic heterocycles. The number of benzene rings is 1. The van der Waals surface area contributed by atoms with Gasteiger partial charge in [0, 0.05) is 6.04 Å². The van der Waals surface area contributed by atoms with Gasteiger partial charge in [0.05, 0.1) is 13.7 Å². The van der Waals surface area contributed by atoms with Crippen molar-refractivity contribution in [2.75, 3.05) is 20.8 Å². The minimum atomic E-state index is 0.644. The molecule has 3 heteroatoms. The van der Waals surface area contributed by atoms with Gasteiger partial charge >= 0.3 is 0 Å². The van der Waals surface area contributed by atoms with E-state index in [9.17, 15) is 0 Å². The summed E-state index contributed by atoms with van der Waals surface area (Å²) in [6.07, 6.45) is 4.66. The van der Waals surface area contributed by atoms with Gasteiger partial charge in [-0.15, -0.1) is 0 Å². The maximum absolute atomic E-state index is 5.81. The molecule has 1 fully saturated rings. The van der Waals surface area contributed by atoms with Gasteiger partial charge in [-0.25, -0.2) is 0 Å². The smallest absolute Gasteiger partial charge is 0.161 e. The molecule has 1 saturated carbocycles. The highest BCUT2D eigenvalue weighted by molar-refractivity contribution is 5.44. The van der Waals surface area contributed by atoms with Crippen LogP contribution in [0.15, 0.2) is 18.2 Å². The number of unbranched alkanes of at least 4 members (excludes halogenated alkanes) is 1. The lowest BCUT2D eigenvalue weighted by Crippen LogP contribution is -2.47. The van der Waals surface area contributed by atoms with E-state index in [-0.39, 0.29) is 0 Å². The molecule has 1 N–H and O–H groups in total. The van der Waals surface area contributed by atoms with Crippen molar-refractivity contribution in [2.45, 2.75) is 51.5 Å². The van der Waals surface area contributed by atoms with Crippen molar-refractivity contribution in [3.05, 3.63) is 23.8 Å². The molecular weight excluding hydrogens is 262 g/mol. The minimum absolute atomic E-state index is 0.644. The van der Waals surface area contributed by atoms with Crippen LogP contribution in [0, 0.1) is 5.92 Å². The molecular formula is C18H29NO2. The topological polar surface area (TPSA) is 30.5 Å². The first kappa shape index (κ1) is 16.2. The SMILES string of the molecule is CCCCOc1ccc(C2CC(NC)C2CC)cc1OC. The Labute approximate surface area is 129 Å². The van der Waals surface area contributed by atoms with E-state index in [1.165, 1.54) is 18.4 Å². The summed E-state index contributed by atoms with van der Waals surface area (Å²) in [4.78, 5) is 0. The lowest BCUT2D eigenvalue weighted by atomic mass is 9.65. The van der Waals surface area contributed by atoms with Crippen LogP contribution in [-0.2, 0) is 0 Å². The first-order valence-electron chi connectivity index (χ1n) is 8.23. The van der Waals surface area contributed by atoms with E-state index in [0.29, 0.717) is 12.0 Å². The molecule has 21 heavy (non-hydrogen) atoms. The van der Waals surface area contributed by atoms with Crippen LogP contribution in [0.4, 0.5) is 0 Å². The maximum Gasteiger partial charge on any atom is 0.161 e. The molecule has 0 bridgehead atoms. The van der Waals surface area contributed by atoms with E-state index in [1.807, 2.05) is 0 Å². The van der Waals surface area contributed by atoms with E-state index in [2.05, 4.69) is 44.4 Å². The number of methoxy groups -OCH3 is 1. The van der Waals surface area contributed by atoms with Crippen LogP contribution in [0.2, 0.25) is 0 Å². The first-order valence-corrected chi connectivity index (χ1v) is 8.23. The zero-order valence-electron chi connectivity index (χ0n) is 13.8. The van der Waals surface area contributed by atoms with Crippen molar-refractivity contribution in [1.29, 1.82) is 0 Å². The fraction of sp³-hybridized carbons (Fsp3) is 0.667. The summed E-state index contributed by atoms with van der Waals surface area (Å²) in [5.74, 6) is 3.11. The van der Waals surface area contributed by atoms with E-state index in [1.54, 1.807) is 7.11 Å². The summed E-state index contributed by atoms with van der Waals surface area (Å²) in [7, 11) is 3.79. The quantitative estimate of drug-likeness (QED) is 0.735. The number of nitrogens with one attached hydrogen (secondary N) is 1. The van der Waals surface area contributed by atoms with Gasteiger partial charge < -0.3 is 14.8 Å². The largest absolute Gasteiger partial charge is 0.493 e. The fourth-order valence-electron chi connectivity index (χ4n) is 3.35. The standard InChI is InChI=1S/C18H29NO2/c1-5-7-10-21-17-9-8-13(11-18(17)20-4)15-12-16(19-3)14(15)6-2/h8-9,11,14-16,19H,5-7,10,12H2,1-4H3. The third-order valence-corrected chi connectivity index (χ3v) is 4.76. The highest BCUT2D eigenvalue weighted by Crippen LogP contribution is 2.46. The van der Waals surface area contributed by atoms with Crippen molar-refractivity contribution >= 4 is 0 Å². The summed E-state index contributed by atoms with van der Waals surface area (Å²) in [6, 6.07) is 7.11. The van der Waals surface area contributed by atoms with Gasteiger partial charge in [-0.1, -0.05) is 32.8 Å². The molecule has 1 aromatic carbocycles. The molecule has 0 radical (unpaired) electrons. The lowest BCUT2D eigenvalue weighted by Gasteiger charge is -2.45. The molecule has 3 atom stereocenters. The summed E-state index contributed by atoms with van der Waals surface area (Å²) in [6.45, 7) is 5.21. The highest BCUT2D eigenvalue weighted by Gasteiger charge is 2.39. The Balaban J connectivity index is 2.08. The molecule has 2 rings (SSSR count). The average molecular weight is 291 g/mol. The van der Waals surface area contributed by atoms with Crippen molar-refractivity contribution in [1.82, 2.24) is 5.32 Å². The van der Waals surface area contributed by atoms with Crippen molar-refractivity contribution < 1.29 is 9.47 Å². The Hall–Kier alpha value is -1.22. The lowest BCUT2D eigenvalue weighted by molar-refractivity contribution is 0.168. The molecule has 118 valence electrons. The minimum Gasteiger partial charge on any atom is -0.493 e. The van der Waals surface area contributed by atoms with E-state index in [0.717, 1.165) is 36.9 Å². The van der Waals surface area contributed by atoms with Crippen molar-refractivity contribution in [3.8, 4) is 11.5 Å². The summed E-state index contributed by atoms with van der Waals surface area (Å²) >= 11 is 0. The third kappa shape index (κ3) is 3.52. The number of hydrogen-bond donors (Lipinski definition) is 1. The number of rotatable bonds is 8. The van der Waals surface area contributed by atoms with Gasteiger partial charge in [-0.05, 0) is 49.4 Å². The van der Waals surface area contributed by atoms with Gasteiger partial charge in [0.25, 0.3) is 0 Å². The van der Waals surface area contributed by atoms with Crippen LogP contribution in [-0.4, -0.2) is 26.8 Å². The van der Waals surface area contributed by atoms with Gasteiger partial charge in [0.2, 0.25) is 0 Å². The molecule has 0 spiro atoms. The Morgan fingerprint density at radius 2 is 2.05 bits per heavy atom. The highest BCUT2D eigenvalue weighted by atomic mass is 16.5. The normalized spacial score (nSPS) is 24.5. The zero-order chi connectivity index (χ0) is 15.2. The Morgan fingerprint density at radius 1 is 1.24 bits per heavy atom. The zero-order valence-corrected chi connectivity index (χ0v) is 13.8. The second-order valence-corrected chi connectivity index (χ2v) is 5.92. The van der Waals surface area contributed by atoms with E-state index in [4.69, 9.17) is 9.47 Å². The van der Waals surface area contributed by atoms with Crippen LogP contribution < -0.4 is 14.8 Å². The van der Waals surface area contributed by atoms with Crippen molar-refractivity contribution in [2.24, 2.45) is 5.92 Å². The molecule has 1 aliphatic carbocycles. The Morgan fingerprint density at radius 3 is 2.67 bits per heavy atom. The molecule has 3 unspecified atom stereocenters. The average Bonchev–Trinajstić information content (AvgIpc) is 2.48. The van der Waals surface area contributed by atoms with Crippen LogP contribution in [0.3, 0.4) is 0 Å². The van der Waals surface area contributed by atoms with Gasteiger partial charge in [-0.3, -0.25) is 0 Å². The molecule has 1 aliphatic rings. The molecule has 0 heterocycles. The molecule has 0 aromatic heterocycles. The third-order valence-electron chi connectivity index (χ3n) is 4.76. The fourth-order valence-corrected chi connectivity index (χ4v) is 3.35. The van der Waals surface area contributed by atoms with Gasteiger partial charge in [-0.2, -0.15) is 0 Å². The van der Waals surface area contributed by atoms with Crippen molar-refractivity contribution in [3.63, 3.8) is 0 Å². The van der Waals surface area contributed by atoms with Crippen LogP contribution >= 0.6 is 0 Å². The number of ether oxygens (including phenoxy) is 2. The summed E-state index contributed by atoms with van der Waals surface area (Å²) in [5, 5.41) is 3.42. The van der Waals surface area contributed by atoms with E-state index < -0.39 is 0 Å². The van der Waals surface area contributed by atoms with Crippen LogP contribution in [0.1, 0.15) is 51.0 Å². The second-order valence-electron chi connectivity index (χ2n) is 5.92. The Bertz CT molecular complexity index is 447. The predicted octanol–water partition coefficient (Wildman–Crippen LogP) is 3.98. The second kappa shape index (κ2) is 7.69. The molecule has 0 amide bonds. The summed E-state index contributed by atoms with van der Waals surface area (Å²) < 4.78 is 11.3. The molecule has 1 aromatic rings. The van der Waals surface area contributed by atoms with Crippen LogP contribution in [0.25, 0.3) is 0 Å². The summed E-state index contributed by atoms with van der Waals surface area (Å²) in [5.41, 5.74) is 1.38. The maximum atomic E-state index is 5.81.